The molecule has 2 aliphatic rings. The largest absolute Gasteiger partial charge is 0.352 e. The van der Waals surface area contributed by atoms with Crippen molar-refractivity contribution in [1.82, 2.24) is 10.2 Å². The SMILES string of the molecule is O=C(NCC1=CCCCC1)C1CCN(Cc2ccc(Cl)c(Cl)c2)CC1. The fourth-order valence-electron chi connectivity index (χ4n) is 3.66. The van der Waals surface area contributed by atoms with Gasteiger partial charge in [-0.1, -0.05) is 40.9 Å². The van der Waals surface area contributed by atoms with Crippen LogP contribution in [-0.2, 0) is 11.3 Å². The molecule has 1 saturated heterocycles. The summed E-state index contributed by atoms with van der Waals surface area (Å²) in [5.74, 6) is 0.370. The second-order valence-electron chi connectivity index (χ2n) is 7.12. The number of carbonyl (C=O) groups excluding carboxylic acids is 1. The zero-order chi connectivity index (χ0) is 17.6. The first-order valence-corrected chi connectivity index (χ1v) is 9.99. The first-order valence-electron chi connectivity index (χ1n) is 9.24. The van der Waals surface area contributed by atoms with Crippen molar-refractivity contribution in [2.24, 2.45) is 5.92 Å². The van der Waals surface area contributed by atoms with Crippen molar-refractivity contribution >= 4 is 29.1 Å². The minimum absolute atomic E-state index is 0.147. The number of likely N-dealkylation sites (tertiary alicyclic amines) is 1. The van der Waals surface area contributed by atoms with Crippen LogP contribution in [0.3, 0.4) is 0 Å². The fraction of sp³-hybridized carbons (Fsp3) is 0.550. The maximum atomic E-state index is 12.4. The lowest BCUT2D eigenvalue weighted by atomic mass is 9.95. The Morgan fingerprint density at radius 3 is 2.64 bits per heavy atom. The van der Waals surface area contributed by atoms with Crippen molar-refractivity contribution in [2.75, 3.05) is 19.6 Å². The van der Waals surface area contributed by atoms with Crippen LogP contribution in [0.15, 0.2) is 29.8 Å². The minimum Gasteiger partial charge on any atom is -0.352 e. The van der Waals surface area contributed by atoms with Gasteiger partial charge in [0.05, 0.1) is 10.0 Å². The van der Waals surface area contributed by atoms with E-state index in [0.717, 1.165) is 51.9 Å². The summed E-state index contributed by atoms with van der Waals surface area (Å²) in [6, 6.07) is 5.80. The van der Waals surface area contributed by atoms with Crippen LogP contribution < -0.4 is 5.32 Å². The van der Waals surface area contributed by atoms with Crippen LogP contribution in [0, 0.1) is 5.92 Å². The number of benzene rings is 1. The third-order valence-electron chi connectivity index (χ3n) is 5.22. The fourth-order valence-corrected chi connectivity index (χ4v) is 3.98. The normalized spacial score (nSPS) is 19.5. The van der Waals surface area contributed by atoms with Crippen molar-refractivity contribution in [3.05, 3.63) is 45.5 Å². The van der Waals surface area contributed by atoms with Gasteiger partial charge in [-0.05, 0) is 69.3 Å². The Balaban J connectivity index is 1.42. The van der Waals surface area contributed by atoms with Gasteiger partial charge >= 0.3 is 0 Å². The summed E-state index contributed by atoms with van der Waals surface area (Å²) in [5, 5.41) is 4.34. The summed E-state index contributed by atoms with van der Waals surface area (Å²) in [6.45, 7) is 3.49. The second kappa shape index (κ2) is 9.07. The first kappa shape index (κ1) is 18.8. The molecule has 1 heterocycles. The Morgan fingerprint density at radius 2 is 1.96 bits per heavy atom. The summed E-state index contributed by atoms with van der Waals surface area (Å²) in [6.07, 6.45) is 8.99. The molecule has 1 aromatic carbocycles. The van der Waals surface area contributed by atoms with E-state index in [-0.39, 0.29) is 11.8 Å². The van der Waals surface area contributed by atoms with E-state index in [1.165, 1.54) is 24.0 Å². The topological polar surface area (TPSA) is 32.3 Å². The first-order chi connectivity index (χ1) is 12.1. The van der Waals surface area contributed by atoms with Gasteiger partial charge in [0.15, 0.2) is 0 Å². The summed E-state index contributed by atoms with van der Waals surface area (Å²) >= 11 is 12.1. The van der Waals surface area contributed by atoms with Crippen LogP contribution in [0.5, 0.6) is 0 Å². The summed E-state index contributed by atoms with van der Waals surface area (Å²) in [7, 11) is 0. The number of amides is 1. The average Bonchev–Trinajstić information content (AvgIpc) is 2.64. The summed E-state index contributed by atoms with van der Waals surface area (Å²) in [4.78, 5) is 14.8. The zero-order valence-electron chi connectivity index (χ0n) is 14.6. The van der Waals surface area contributed by atoms with Crippen LogP contribution in [-0.4, -0.2) is 30.4 Å². The molecule has 1 N–H and O–H groups in total. The van der Waals surface area contributed by atoms with Gasteiger partial charge in [0.2, 0.25) is 5.91 Å². The van der Waals surface area contributed by atoms with Crippen molar-refractivity contribution in [3.63, 3.8) is 0 Å². The average molecular weight is 381 g/mol. The number of nitrogens with one attached hydrogen (secondary N) is 1. The van der Waals surface area contributed by atoms with Crippen LogP contribution in [0.2, 0.25) is 10.0 Å². The molecule has 1 fully saturated rings. The molecule has 0 unspecified atom stereocenters. The molecule has 136 valence electrons. The molecule has 1 aliphatic heterocycles. The summed E-state index contributed by atoms with van der Waals surface area (Å²) < 4.78 is 0. The Bertz CT molecular complexity index is 637. The second-order valence-corrected chi connectivity index (χ2v) is 7.94. The van der Waals surface area contributed by atoms with Crippen LogP contribution >= 0.6 is 23.2 Å². The Hall–Kier alpha value is -1.03. The molecule has 0 spiro atoms. The van der Waals surface area contributed by atoms with E-state index in [1.54, 1.807) is 0 Å². The highest BCUT2D eigenvalue weighted by Crippen LogP contribution is 2.25. The molecule has 1 amide bonds. The number of hydrogen-bond donors (Lipinski definition) is 1. The molecule has 0 aromatic heterocycles. The van der Waals surface area contributed by atoms with E-state index in [2.05, 4.69) is 16.3 Å². The lowest BCUT2D eigenvalue weighted by Crippen LogP contribution is -2.40. The van der Waals surface area contributed by atoms with Crippen molar-refractivity contribution in [1.29, 1.82) is 0 Å². The van der Waals surface area contributed by atoms with Crippen LogP contribution in [0.1, 0.15) is 44.1 Å². The molecule has 0 bridgehead atoms. The van der Waals surface area contributed by atoms with Crippen LogP contribution in [0.4, 0.5) is 0 Å². The summed E-state index contributed by atoms with van der Waals surface area (Å²) in [5.41, 5.74) is 2.57. The monoisotopic (exact) mass is 380 g/mol. The van der Waals surface area contributed by atoms with Crippen molar-refractivity contribution in [3.8, 4) is 0 Å². The van der Waals surface area contributed by atoms with Gasteiger partial charge in [-0.25, -0.2) is 0 Å². The lowest BCUT2D eigenvalue weighted by molar-refractivity contribution is -0.126. The molecule has 0 atom stereocenters. The molecule has 0 saturated carbocycles. The quantitative estimate of drug-likeness (QED) is 0.742. The predicted molar refractivity (Wildman–Crippen MR) is 104 cm³/mol. The highest BCUT2D eigenvalue weighted by molar-refractivity contribution is 6.42. The molecule has 1 aliphatic carbocycles. The maximum absolute atomic E-state index is 12.4. The molecule has 3 nitrogen and oxygen atoms in total. The number of hydrogen-bond acceptors (Lipinski definition) is 2. The number of nitrogens with zero attached hydrogens (tertiary/aromatic N) is 1. The van der Waals surface area contributed by atoms with Crippen LogP contribution in [0.25, 0.3) is 0 Å². The smallest absolute Gasteiger partial charge is 0.223 e. The van der Waals surface area contributed by atoms with Gasteiger partial charge in [0.1, 0.15) is 0 Å². The zero-order valence-corrected chi connectivity index (χ0v) is 16.1. The molecule has 5 heteroatoms. The molecular weight excluding hydrogens is 355 g/mol. The number of carbonyl (C=O) groups is 1. The van der Waals surface area contributed by atoms with Crippen molar-refractivity contribution in [2.45, 2.75) is 45.1 Å². The van der Waals surface area contributed by atoms with Crippen molar-refractivity contribution < 1.29 is 4.79 Å². The highest BCUT2D eigenvalue weighted by atomic mass is 35.5. The van der Waals surface area contributed by atoms with Gasteiger partial charge in [-0.3, -0.25) is 9.69 Å². The van der Waals surface area contributed by atoms with E-state index in [1.807, 2.05) is 18.2 Å². The van der Waals surface area contributed by atoms with E-state index in [0.29, 0.717) is 10.0 Å². The highest BCUT2D eigenvalue weighted by Gasteiger charge is 2.25. The van der Waals surface area contributed by atoms with E-state index in [4.69, 9.17) is 23.2 Å². The third kappa shape index (κ3) is 5.47. The molecular formula is C20H26Cl2N2O. The number of allylic oxidation sites excluding steroid dienone is 1. The standard InChI is InChI=1S/C20H26Cl2N2O/c21-18-7-6-16(12-19(18)22)14-24-10-8-17(9-11-24)20(25)23-13-15-4-2-1-3-5-15/h4,6-7,12,17H,1-3,5,8-11,13-14H2,(H,23,25). The van der Waals surface area contributed by atoms with Gasteiger partial charge in [-0.2, -0.15) is 0 Å². The molecule has 25 heavy (non-hydrogen) atoms. The Morgan fingerprint density at radius 1 is 1.16 bits per heavy atom. The predicted octanol–water partition coefficient (Wildman–Crippen LogP) is 4.82. The lowest BCUT2D eigenvalue weighted by Gasteiger charge is -2.31. The molecule has 0 radical (unpaired) electrons. The Kier molecular flexibility index (Phi) is 6.80. The molecule has 3 rings (SSSR count). The number of halogens is 2. The maximum Gasteiger partial charge on any atom is 0.223 e. The van der Waals surface area contributed by atoms with Gasteiger partial charge in [-0.15, -0.1) is 0 Å². The minimum atomic E-state index is 0.147. The van der Waals surface area contributed by atoms with E-state index < -0.39 is 0 Å². The third-order valence-corrected chi connectivity index (χ3v) is 5.96. The van der Waals surface area contributed by atoms with Gasteiger partial charge < -0.3 is 5.32 Å². The van der Waals surface area contributed by atoms with Gasteiger partial charge in [0, 0.05) is 19.0 Å². The Labute approximate surface area is 160 Å². The molecule has 1 aromatic rings. The van der Waals surface area contributed by atoms with E-state index in [9.17, 15) is 4.79 Å². The number of rotatable bonds is 5. The van der Waals surface area contributed by atoms with E-state index >= 15 is 0 Å². The van der Waals surface area contributed by atoms with Gasteiger partial charge in [0.25, 0.3) is 0 Å². The number of piperidine rings is 1.